The van der Waals surface area contributed by atoms with Gasteiger partial charge < -0.3 is 5.11 Å². The van der Waals surface area contributed by atoms with Crippen molar-refractivity contribution in [3.8, 4) is 0 Å². The fourth-order valence-corrected chi connectivity index (χ4v) is 0.158. The molecule has 1 nitrogen and oxygen atoms in total. The van der Waals surface area contributed by atoms with E-state index in [1.165, 1.54) is 11.8 Å². The molecule has 0 aliphatic rings. The molecule has 0 rings (SSSR count). The Morgan fingerprint density at radius 2 is 2.60 bits per heavy atom. The quantitative estimate of drug-likeness (QED) is 0.506. The molecule has 0 saturated carbocycles. The maximum atomic E-state index is 7.96. The fourth-order valence-electron chi connectivity index (χ4n) is 0.0527. The Kier molecular flexibility index (Phi) is 4.09. The highest BCUT2D eigenvalue weighted by molar-refractivity contribution is 8.01. The highest BCUT2D eigenvalue weighted by Crippen LogP contribution is 1.92. The normalized spacial score (nSPS) is 7.40. The lowest BCUT2D eigenvalue weighted by Crippen LogP contribution is -1.60. The first kappa shape index (κ1) is 5.05. The van der Waals surface area contributed by atoms with Gasteiger partial charge in [0.05, 0.1) is 5.94 Å². The van der Waals surface area contributed by atoms with E-state index in [2.05, 4.69) is 6.58 Å². The van der Waals surface area contributed by atoms with Gasteiger partial charge >= 0.3 is 0 Å². The van der Waals surface area contributed by atoms with Crippen molar-refractivity contribution in [1.29, 1.82) is 0 Å². The summed E-state index contributed by atoms with van der Waals surface area (Å²) in [7, 11) is 0. The summed E-state index contributed by atoms with van der Waals surface area (Å²) in [6.07, 6.45) is 0. The molecule has 0 heterocycles. The highest BCUT2D eigenvalue weighted by Gasteiger charge is 1.61. The molecule has 0 unspecified atom stereocenters. The lowest BCUT2D eigenvalue weighted by molar-refractivity contribution is 0.376. The van der Waals surface area contributed by atoms with Crippen molar-refractivity contribution in [2.24, 2.45) is 0 Å². The van der Waals surface area contributed by atoms with Crippen molar-refractivity contribution < 1.29 is 5.11 Å². The molecule has 2 heteroatoms. The van der Waals surface area contributed by atoms with Gasteiger partial charge in [0.25, 0.3) is 0 Å². The Labute approximate surface area is 35.7 Å². The minimum absolute atomic E-state index is 0.142. The van der Waals surface area contributed by atoms with Crippen LogP contribution in [-0.4, -0.2) is 11.0 Å². The molecule has 5 heavy (non-hydrogen) atoms. The first-order chi connectivity index (χ1) is 2.41. The van der Waals surface area contributed by atoms with Crippen molar-refractivity contribution in [3.05, 3.63) is 12.0 Å². The van der Waals surface area contributed by atoms with Crippen molar-refractivity contribution in [1.82, 2.24) is 0 Å². The number of thioether (sulfide) groups is 1. The van der Waals surface area contributed by atoms with Crippen molar-refractivity contribution in [2.45, 2.75) is 0 Å². The second-order valence-corrected chi connectivity index (χ2v) is 1.39. The topological polar surface area (TPSA) is 20.2 Å². The van der Waals surface area contributed by atoms with Gasteiger partial charge in [0.2, 0.25) is 0 Å². The van der Waals surface area contributed by atoms with Gasteiger partial charge in [0.15, 0.2) is 0 Å². The summed E-state index contributed by atoms with van der Waals surface area (Å²) >= 11 is 1.28. The van der Waals surface area contributed by atoms with E-state index in [-0.39, 0.29) is 5.94 Å². The molecule has 0 radical (unpaired) electrons. The molecule has 0 atom stereocenters. The van der Waals surface area contributed by atoms with Crippen LogP contribution in [0.5, 0.6) is 0 Å². The van der Waals surface area contributed by atoms with E-state index in [1.54, 1.807) is 5.41 Å². The Bertz CT molecular complexity index is 28.1. The van der Waals surface area contributed by atoms with Gasteiger partial charge in [-0.1, -0.05) is 6.58 Å². The molecule has 0 aromatic heterocycles. The maximum absolute atomic E-state index is 7.96. The van der Waals surface area contributed by atoms with Crippen LogP contribution < -0.4 is 0 Å². The number of aliphatic hydroxyl groups is 1. The zero-order chi connectivity index (χ0) is 4.12. The lowest BCUT2D eigenvalue weighted by atomic mass is 11.3. The van der Waals surface area contributed by atoms with Gasteiger partial charge in [0.1, 0.15) is 0 Å². The van der Waals surface area contributed by atoms with Gasteiger partial charge in [-0.05, 0) is 5.41 Å². The van der Waals surface area contributed by atoms with Crippen molar-refractivity contribution in [3.63, 3.8) is 0 Å². The first-order valence-electron chi connectivity index (χ1n) is 1.25. The maximum Gasteiger partial charge on any atom is 0.0925 e. The zero-order valence-electron chi connectivity index (χ0n) is 2.85. The summed E-state index contributed by atoms with van der Waals surface area (Å²) in [5.41, 5.74) is 0. The second kappa shape index (κ2) is 4.05. The van der Waals surface area contributed by atoms with Crippen LogP contribution >= 0.6 is 11.8 Å². The van der Waals surface area contributed by atoms with E-state index >= 15 is 0 Å². The average Bonchev–Trinajstić information content (AvgIpc) is 1.41. The fraction of sp³-hybridized carbons (Fsp3) is 0.333. The summed E-state index contributed by atoms with van der Waals surface area (Å²) in [5, 5.41) is 9.56. The molecule has 0 aromatic rings. The third-order valence-corrected chi connectivity index (χ3v) is 0.577. The number of hydrogen-bond donors (Lipinski definition) is 1. The van der Waals surface area contributed by atoms with E-state index in [0.717, 1.165) is 0 Å². The highest BCUT2D eigenvalue weighted by atomic mass is 32.2. The molecule has 0 aliphatic heterocycles. The predicted molar refractivity (Wildman–Crippen MR) is 24.9 cm³/mol. The smallest absolute Gasteiger partial charge is 0.0925 e. The third-order valence-electron chi connectivity index (χ3n) is 0.192. The van der Waals surface area contributed by atoms with Crippen LogP contribution in [0.3, 0.4) is 0 Å². The van der Waals surface area contributed by atoms with Gasteiger partial charge in [-0.3, -0.25) is 0 Å². The summed E-state index contributed by atoms with van der Waals surface area (Å²) in [5.74, 6) is 0.142. The van der Waals surface area contributed by atoms with Gasteiger partial charge in [-0.25, -0.2) is 0 Å². The van der Waals surface area contributed by atoms with Gasteiger partial charge in [-0.15, -0.1) is 11.8 Å². The molecule has 0 fully saturated rings. The molecule has 0 aliphatic carbocycles. The first-order valence-corrected chi connectivity index (χ1v) is 2.30. The Balaban J connectivity index is 2.40. The SMILES string of the molecule is C=CSCO. The van der Waals surface area contributed by atoms with E-state index in [0.29, 0.717) is 0 Å². The molecule has 0 aromatic carbocycles. The Hall–Kier alpha value is 0.0500. The van der Waals surface area contributed by atoms with Crippen LogP contribution in [0.15, 0.2) is 12.0 Å². The third kappa shape index (κ3) is 4.05. The lowest BCUT2D eigenvalue weighted by Gasteiger charge is -1.74. The number of hydrogen-bond acceptors (Lipinski definition) is 2. The number of aliphatic hydroxyl groups excluding tert-OH is 1. The van der Waals surface area contributed by atoms with E-state index in [9.17, 15) is 0 Å². The minimum Gasteiger partial charge on any atom is -0.385 e. The van der Waals surface area contributed by atoms with Crippen LogP contribution in [0.1, 0.15) is 0 Å². The summed E-state index contributed by atoms with van der Waals surface area (Å²) < 4.78 is 0. The summed E-state index contributed by atoms with van der Waals surface area (Å²) in [6.45, 7) is 3.35. The van der Waals surface area contributed by atoms with Crippen LogP contribution in [0.2, 0.25) is 0 Å². The van der Waals surface area contributed by atoms with E-state index in [1.807, 2.05) is 0 Å². The molecule has 1 N–H and O–H groups in total. The monoisotopic (exact) mass is 90.0 g/mol. The average molecular weight is 90.1 g/mol. The zero-order valence-corrected chi connectivity index (χ0v) is 3.66. The van der Waals surface area contributed by atoms with E-state index < -0.39 is 0 Å². The minimum atomic E-state index is 0.142. The van der Waals surface area contributed by atoms with Gasteiger partial charge in [0, 0.05) is 0 Å². The molecular formula is C3H6OS. The summed E-state index contributed by atoms with van der Waals surface area (Å²) in [6, 6.07) is 0. The van der Waals surface area contributed by atoms with Crippen LogP contribution in [-0.2, 0) is 0 Å². The molecule has 0 spiro atoms. The molecular weight excluding hydrogens is 84.1 g/mol. The molecule has 0 bridgehead atoms. The molecule has 30 valence electrons. The molecule has 0 saturated heterocycles. The Morgan fingerprint density at radius 1 is 2.00 bits per heavy atom. The van der Waals surface area contributed by atoms with Crippen molar-refractivity contribution in [2.75, 3.05) is 5.94 Å². The van der Waals surface area contributed by atoms with Crippen LogP contribution in [0, 0.1) is 0 Å². The Morgan fingerprint density at radius 3 is 2.60 bits per heavy atom. The van der Waals surface area contributed by atoms with Crippen LogP contribution in [0.4, 0.5) is 0 Å². The van der Waals surface area contributed by atoms with Gasteiger partial charge in [-0.2, -0.15) is 0 Å². The standard InChI is InChI=1S/C3H6OS/c1-2-5-3-4/h2,4H,1,3H2. The van der Waals surface area contributed by atoms with Crippen LogP contribution in [0.25, 0.3) is 0 Å². The van der Waals surface area contributed by atoms with E-state index in [4.69, 9.17) is 5.11 Å². The predicted octanol–water partition coefficient (Wildman–Crippen LogP) is 0.813. The molecule has 0 amide bonds. The summed E-state index contributed by atoms with van der Waals surface area (Å²) in [4.78, 5) is 0. The van der Waals surface area contributed by atoms with Crippen molar-refractivity contribution >= 4 is 11.8 Å². The second-order valence-electron chi connectivity index (χ2n) is 0.462. The number of rotatable bonds is 2. The largest absolute Gasteiger partial charge is 0.385 e.